The first kappa shape index (κ1) is 20.9. The molecule has 0 atom stereocenters. The van der Waals surface area contributed by atoms with Crippen molar-refractivity contribution in [2.75, 3.05) is 11.9 Å². The van der Waals surface area contributed by atoms with Crippen molar-refractivity contribution in [1.82, 2.24) is 15.3 Å². The van der Waals surface area contributed by atoms with Crippen LogP contribution in [0.1, 0.15) is 25.8 Å². The molecule has 0 fully saturated rings. The molecule has 0 radical (unpaired) electrons. The zero-order chi connectivity index (χ0) is 22.4. The number of aliphatic imine (C=N–C) groups is 1. The summed E-state index contributed by atoms with van der Waals surface area (Å²) in [6.07, 6.45) is -2.00. The molecule has 0 bridgehead atoms. The lowest BCUT2D eigenvalue weighted by atomic mass is 10.00. The summed E-state index contributed by atoms with van der Waals surface area (Å²) in [6, 6.07) is 3.06. The first-order chi connectivity index (χ1) is 14.5. The minimum absolute atomic E-state index is 0.0730. The third kappa shape index (κ3) is 4.25. The fourth-order valence-electron chi connectivity index (χ4n) is 3.25. The minimum Gasteiger partial charge on any atom is -0.450 e. The van der Waals surface area contributed by atoms with E-state index in [-0.39, 0.29) is 22.6 Å². The predicted octanol–water partition coefficient (Wildman–Crippen LogP) is 5.19. The van der Waals surface area contributed by atoms with Gasteiger partial charge in [0.1, 0.15) is 11.4 Å². The summed E-state index contributed by atoms with van der Waals surface area (Å²) >= 11 is 0. The highest BCUT2D eigenvalue weighted by Gasteiger charge is 2.35. The SMILES string of the molecule is CC1(C)CCN=C(Nc2cc(F)c(Oc3ccnc4[nH]cc(C(F)(F)F)c34)c(F)c2)N1. The number of nitrogens with one attached hydrogen (secondary N) is 3. The van der Waals surface area contributed by atoms with Crippen LogP contribution in [0, 0.1) is 11.6 Å². The second-order valence-corrected chi connectivity index (χ2v) is 7.72. The number of rotatable bonds is 3. The van der Waals surface area contributed by atoms with Gasteiger partial charge in [-0.3, -0.25) is 4.99 Å². The Kier molecular flexibility index (Phi) is 4.98. The molecule has 3 aromatic rings. The highest BCUT2D eigenvalue weighted by Crippen LogP contribution is 2.40. The van der Waals surface area contributed by atoms with E-state index in [0.717, 1.165) is 30.8 Å². The van der Waals surface area contributed by atoms with Gasteiger partial charge in [-0.05, 0) is 26.3 Å². The van der Waals surface area contributed by atoms with Crippen molar-refractivity contribution in [3.63, 3.8) is 0 Å². The molecule has 1 aliphatic heterocycles. The fraction of sp³-hybridized carbons (Fsp3) is 0.300. The Morgan fingerprint density at radius 1 is 1.16 bits per heavy atom. The quantitative estimate of drug-likeness (QED) is 0.491. The van der Waals surface area contributed by atoms with Crippen LogP contribution in [0.2, 0.25) is 0 Å². The second-order valence-electron chi connectivity index (χ2n) is 7.72. The third-order valence-corrected chi connectivity index (χ3v) is 4.78. The van der Waals surface area contributed by atoms with Gasteiger partial charge in [0.05, 0.1) is 10.9 Å². The fourth-order valence-corrected chi connectivity index (χ4v) is 3.25. The van der Waals surface area contributed by atoms with Crippen molar-refractivity contribution in [2.45, 2.75) is 32.0 Å². The van der Waals surface area contributed by atoms with Gasteiger partial charge in [0.25, 0.3) is 0 Å². The summed E-state index contributed by atoms with van der Waals surface area (Å²) in [5.74, 6) is -3.02. The van der Waals surface area contributed by atoms with Crippen LogP contribution in [-0.2, 0) is 6.18 Å². The second kappa shape index (κ2) is 7.40. The van der Waals surface area contributed by atoms with Gasteiger partial charge in [-0.15, -0.1) is 0 Å². The summed E-state index contributed by atoms with van der Waals surface area (Å²) in [5.41, 5.74) is -1.32. The smallest absolute Gasteiger partial charge is 0.418 e. The van der Waals surface area contributed by atoms with Crippen LogP contribution in [0.5, 0.6) is 11.5 Å². The maximum atomic E-state index is 14.7. The molecule has 3 N–H and O–H groups in total. The zero-order valence-corrected chi connectivity index (χ0v) is 16.5. The highest BCUT2D eigenvalue weighted by molar-refractivity contribution is 5.94. The lowest BCUT2D eigenvalue weighted by Crippen LogP contribution is -2.49. The number of anilines is 1. The molecule has 11 heteroatoms. The summed E-state index contributed by atoms with van der Waals surface area (Å²) in [6.45, 7) is 4.48. The Labute approximate surface area is 173 Å². The van der Waals surface area contributed by atoms with Gasteiger partial charge in [0.2, 0.25) is 0 Å². The molecule has 31 heavy (non-hydrogen) atoms. The molecule has 4 rings (SSSR count). The van der Waals surface area contributed by atoms with Crippen molar-refractivity contribution in [2.24, 2.45) is 4.99 Å². The van der Waals surface area contributed by atoms with E-state index in [9.17, 15) is 22.0 Å². The molecule has 6 nitrogen and oxygen atoms in total. The molecule has 0 spiro atoms. The number of halogens is 5. The maximum absolute atomic E-state index is 14.7. The van der Waals surface area contributed by atoms with E-state index >= 15 is 0 Å². The lowest BCUT2D eigenvalue weighted by Gasteiger charge is -2.31. The molecule has 3 heterocycles. The zero-order valence-electron chi connectivity index (χ0n) is 16.5. The summed E-state index contributed by atoms with van der Waals surface area (Å²) in [4.78, 5) is 10.4. The number of alkyl halides is 3. The average Bonchev–Trinajstić information content (AvgIpc) is 3.09. The van der Waals surface area contributed by atoms with Crippen LogP contribution >= 0.6 is 0 Å². The van der Waals surface area contributed by atoms with Gasteiger partial charge in [0, 0.05) is 42.3 Å². The summed E-state index contributed by atoms with van der Waals surface area (Å²) < 4.78 is 74.4. The van der Waals surface area contributed by atoms with Crippen LogP contribution in [0.3, 0.4) is 0 Å². The van der Waals surface area contributed by atoms with Gasteiger partial charge < -0.3 is 20.4 Å². The predicted molar refractivity (Wildman–Crippen MR) is 105 cm³/mol. The summed E-state index contributed by atoms with van der Waals surface area (Å²) in [7, 11) is 0. The molecular weight excluding hydrogens is 421 g/mol. The standard InChI is InChI=1S/C20H18F5N5O/c1-19(2)4-6-27-18(30-19)29-10-7-12(21)16(13(22)8-10)31-14-3-5-26-17-15(14)11(9-28-17)20(23,24)25/h3,5,7-9H,4,6H2,1-2H3,(H,26,28)(H2,27,29,30). The van der Waals surface area contributed by atoms with E-state index in [2.05, 4.69) is 25.6 Å². The Morgan fingerprint density at radius 2 is 1.87 bits per heavy atom. The maximum Gasteiger partial charge on any atom is 0.418 e. The number of hydrogen-bond donors (Lipinski definition) is 3. The lowest BCUT2D eigenvalue weighted by molar-refractivity contribution is -0.136. The van der Waals surface area contributed by atoms with E-state index in [0.29, 0.717) is 12.5 Å². The first-order valence-corrected chi connectivity index (χ1v) is 9.33. The number of aromatic nitrogens is 2. The first-order valence-electron chi connectivity index (χ1n) is 9.33. The molecular formula is C20H18F5N5O. The van der Waals surface area contributed by atoms with Gasteiger partial charge in [0.15, 0.2) is 23.3 Å². The Balaban J connectivity index is 1.65. The largest absolute Gasteiger partial charge is 0.450 e. The Hall–Kier alpha value is -3.37. The van der Waals surface area contributed by atoms with Crippen molar-refractivity contribution >= 4 is 22.7 Å². The van der Waals surface area contributed by atoms with E-state index in [1.165, 1.54) is 6.20 Å². The number of fused-ring (bicyclic) bond motifs is 1. The van der Waals surface area contributed by atoms with E-state index < -0.39 is 34.5 Å². The van der Waals surface area contributed by atoms with Crippen molar-refractivity contribution in [3.05, 3.63) is 47.8 Å². The number of ether oxygens (including phenoxy) is 1. The molecule has 0 amide bonds. The molecule has 0 aliphatic carbocycles. The van der Waals surface area contributed by atoms with Gasteiger partial charge >= 0.3 is 6.18 Å². The van der Waals surface area contributed by atoms with Crippen molar-refractivity contribution < 1.29 is 26.7 Å². The van der Waals surface area contributed by atoms with Crippen molar-refractivity contribution in [3.8, 4) is 11.5 Å². The van der Waals surface area contributed by atoms with Gasteiger partial charge in [-0.1, -0.05) is 0 Å². The van der Waals surface area contributed by atoms with Crippen LogP contribution in [0.25, 0.3) is 11.0 Å². The minimum atomic E-state index is -4.70. The van der Waals surface area contributed by atoms with Crippen molar-refractivity contribution in [1.29, 1.82) is 0 Å². The molecule has 164 valence electrons. The van der Waals surface area contributed by atoms with E-state index in [1.807, 2.05) is 13.8 Å². The molecule has 0 saturated carbocycles. The third-order valence-electron chi connectivity index (χ3n) is 4.78. The highest BCUT2D eigenvalue weighted by atomic mass is 19.4. The van der Waals surface area contributed by atoms with E-state index in [4.69, 9.17) is 4.74 Å². The van der Waals surface area contributed by atoms with Crippen LogP contribution in [-0.4, -0.2) is 28.0 Å². The van der Waals surface area contributed by atoms with Crippen LogP contribution < -0.4 is 15.4 Å². The van der Waals surface area contributed by atoms with E-state index in [1.54, 1.807) is 0 Å². The van der Waals surface area contributed by atoms with Crippen LogP contribution in [0.15, 0.2) is 35.6 Å². The van der Waals surface area contributed by atoms with Gasteiger partial charge in [-0.25, -0.2) is 13.8 Å². The number of H-pyrrole nitrogens is 1. The molecule has 1 aromatic carbocycles. The Bertz CT molecular complexity index is 1150. The molecule has 0 unspecified atom stereocenters. The number of aromatic amines is 1. The van der Waals surface area contributed by atoms with Crippen LogP contribution in [0.4, 0.5) is 27.6 Å². The Morgan fingerprint density at radius 3 is 2.52 bits per heavy atom. The normalized spacial score (nSPS) is 16.0. The number of hydrogen-bond acceptors (Lipinski definition) is 5. The average molecular weight is 439 g/mol. The number of nitrogens with zero attached hydrogens (tertiary/aromatic N) is 2. The monoisotopic (exact) mass is 439 g/mol. The molecule has 2 aromatic heterocycles. The topological polar surface area (TPSA) is 74.3 Å². The number of benzene rings is 1. The number of pyridine rings is 1. The summed E-state index contributed by atoms with van der Waals surface area (Å²) in [5, 5.41) is 5.50. The molecule has 1 aliphatic rings. The molecule has 0 saturated heterocycles. The number of guanidine groups is 1. The van der Waals surface area contributed by atoms with Gasteiger partial charge in [-0.2, -0.15) is 13.2 Å².